The molecule has 0 unspecified atom stereocenters. The van der Waals surface area contributed by atoms with Crippen LogP contribution in [0, 0.1) is 22.7 Å². The molecule has 130 valence electrons. The van der Waals surface area contributed by atoms with Crippen LogP contribution < -0.4 is 0 Å². The Hall–Kier alpha value is -2.30. The molecule has 5 heteroatoms. The van der Waals surface area contributed by atoms with Gasteiger partial charge in [-0.2, -0.15) is 0 Å². The van der Waals surface area contributed by atoms with Crippen molar-refractivity contribution < 1.29 is 23.5 Å². The molecule has 1 saturated carbocycles. The number of furan rings is 1. The molecule has 5 nitrogen and oxygen atoms in total. The van der Waals surface area contributed by atoms with Gasteiger partial charge >= 0.3 is 11.9 Å². The number of allylic oxidation sites excluding steroid dienone is 3. The zero-order chi connectivity index (χ0) is 17.2. The molecule has 25 heavy (non-hydrogen) atoms. The van der Waals surface area contributed by atoms with Gasteiger partial charge in [0.25, 0.3) is 0 Å². The molecule has 0 aromatic carbocycles. The van der Waals surface area contributed by atoms with Crippen LogP contribution in [0.4, 0.5) is 0 Å². The number of hydrogen-bond acceptors (Lipinski definition) is 5. The summed E-state index contributed by atoms with van der Waals surface area (Å²) in [6.07, 6.45) is 11.2. The molecule has 2 aliphatic heterocycles. The van der Waals surface area contributed by atoms with Crippen LogP contribution in [-0.2, 0) is 19.1 Å². The van der Waals surface area contributed by atoms with Crippen LogP contribution in [0.15, 0.2) is 46.8 Å². The van der Waals surface area contributed by atoms with Crippen LogP contribution in [-0.4, -0.2) is 18.5 Å². The maximum atomic E-state index is 12.8. The Bertz CT molecular complexity index is 804. The highest BCUT2D eigenvalue weighted by atomic mass is 16.5. The molecular weight excluding hydrogens is 320 g/mol. The minimum atomic E-state index is -0.302. The Kier molecular flexibility index (Phi) is 2.92. The highest BCUT2D eigenvalue weighted by Gasteiger charge is 2.64. The van der Waals surface area contributed by atoms with Crippen LogP contribution in [0.2, 0.25) is 0 Å². The molecule has 1 aromatic heterocycles. The molecule has 0 radical (unpaired) electrons. The number of carbonyl (C=O) groups excluding carboxylic acids is 2. The molecule has 3 heterocycles. The van der Waals surface area contributed by atoms with Crippen molar-refractivity contribution in [2.45, 2.75) is 32.3 Å². The van der Waals surface area contributed by atoms with E-state index >= 15 is 0 Å². The molecule has 1 spiro atoms. The van der Waals surface area contributed by atoms with E-state index in [-0.39, 0.29) is 40.7 Å². The van der Waals surface area contributed by atoms with E-state index in [1.165, 1.54) is 0 Å². The maximum absolute atomic E-state index is 12.8. The van der Waals surface area contributed by atoms with Gasteiger partial charge in [-0.05, 0) is 36.7 Å². The van der Waals surface area contributed by atoms with Gasteiger partial charge in [0.15, 0.2) is 0 Å². The number of cyclic esters (lactones) is 2. The van der Waals surface area contributed by atoms with Crippen molar-refractivity contribution >= 4 is 11.9 Å². The number of carbonyl (C=O) groups is 2. The molecule has 5 atom stereocenters. The third-order valence-electron chi connectivity index (χ3n) is 6.85. The van der Waals surface area contributed by atoms with Crippen molar-refractivity contribution in [3.63, 3.8) is 0 Å². The van der Waals surface area contributed by atoms with Gasteiger partial charge in [0, 0.05) is 16.6 Å². The Morgan fingerprint density at radius 1 is 1.28 bits per heavy atom. The smallest absolute Gasteiger partial charge is 0.334 e. The zero-order valence-electron chi connectivity index (χ0n) is 14.1. The normalized spacial score (nSPS) is 42.0. The predicted molar refractivity (Wildman–Crippen MR) is 87.1 cm³/mol. The van der Waals surface area contributed by atoms with Gasteiger partial charge in [0.2, 0.25) is 0 Å². The van der Waals surface area contributed by atoms with E-state index in [0.29, 0.717) is 6.61 Å². The van der Waals surface area contributed by atoms with Crippen molar-refractivity contribution in [2.24, 2.45) is 22.7 Å². The van der Waals surface area contributed by atoms with Gasteiger partial charge in [-0.15, -0.1) is 0 Å². The van der Waals surface area contributed by atoms with Gasteiger partial charge in [-0.1, -0.05) is 25.2 Å². The molecule has 5 rings (SSSR count). The van der Waals surface area contributed by atoms with E-state index in [1.807, 2.05) is 18.2 Å². The summed E-state index contributed by atoms with van der Waals surface area (Å²) in [6.45, 7) is 2.59. The number of ether oxygens (including phenoxy) is 2. The van der Waals surface area contributed by atoms with E-state index < -0.39 is 0 Å². The highest BCUT2D eigenvalue weighted by Crippen LogP contribution is 2.65. The molecule has 0 amide bonds. The average Bonchev–Trinajstić information content (AvgIpc) is 3.23. The van der Waals surface area contributed by atoms with Crippen LogP contribution in [0.5, 0.6) is 0 Å². The Labute approximate surface area is 145 Å². The SMILES string of the molecule is C[C@]12C[C@@H](c3ccoc3)OC(=O)[C@H]1CC[C@@]13COC(=O)C1=CC=C[C@H]32. The van der Waals surface area contributed by atoms with Crippen LogP contribution >= 0.6 is 0 Å². The first kappa shape index (κ1) is 15.0. The van der Waals surface area contributed by atoms with Crippen LogP contribution in [0.1, 0.15) is 37.9 Å². The van der Waals surface area contributed by atoms with Crippen molar-refractivity contribution in [3.8, 4) is 0 Å². The summed E-state index contributed by atoms with van der Waals surface area (Å²) in [5.41, 5.74) is 1.09. The number of esters is 2. The van der Waals surface area contributed by atoms with Gasteiger partial charge in [0.05, 0.1) is 18.4 Å². The lowest BCUT2D eigenvalue weighted by atomic mass is 9.47. The van der Waals surface area contributed by atoms with Gasteiger partial charge in [0.1, 0.15) is 12.7 Å². The third-order valence-corrected chi connectivity index (χ3v) is 6.85. The van der Waals surface area contributed by atoms with Crippen molar-refractivity contribution in [2.75, 3.05) is 6.61 Å². The van der Waals surface area contributed by atoms with Gasteiger partial charge in [-0.3, -0.25) is 4.79 Å². The lowest BCUT2D eigenvalue weighted by Crippen LogP contribution is -2.56. The zero-order valence-corrected chi connectivity index (χ0v) is 14.1. The quantitative estimate of drug-likeness (QED) is 0.734. The number of hydrogen-bond donors (Lipinski definition) is 0. The fourth-order valence-corrected chi connectivity index (χ4v) is 5.62. The number of fused-ring (bicyclic) bond motifs is 2. The van der Waals surface area contributed by atoms with Gasteiger partial charge < -0.3 is 13.9 Å². The van der Waals surface area contributed by atoms with E-state index in [0.717, 1.165) is 30.4 Å². The Morgan fingerprint density at radius 3 is 2.96 bits per heavy atom. The summed E-state index contributed by atoms with van der Waals surface area (Å²) in [5, 5.41) is 0. The molecular formula is C20H20O5. The molecule has 3 fully saturated rings. The molecule has 2 aliphatic carbocycles. The van der Waals surface area contributed by atoms with Crippen LogP contribution in [0.25, 0.3) is 0 Å². The summed E-state index contributed by atoms with van der Waals surface area (Å²) in [6, 6.07) is 1.85. The van der Waals surface area contributed by atoms with Crippen molar-refractivity contribution in [3.05, 3.63) is 48.0 Å². The topological polar surface area (TPSA) is 65.7 Å². The summed E-state index contributed by atoms with van der Waals surface area (Å²) in [7, 11) is 0. The molecule has 2 saturated heterocycles. The fraction of sp³-hybridized carbons (Fsp3) is 0.500. The Morgan fingerprint density at radius 2 is 2.16 bits per heavy atom. The van der Waals surface area contributed by atoms with E-state index in [9.17, 15) is 9.59 Å². The van der Waals surface area contributed by atoms with E-state index in [2.05, 4.69) is 13.0 Å². The van der Waals surface area contributed by atoms with E-state index in [1.54, 1.807) is 12.5 Å². The molecule has 4 aliphatic rings. The predicted octanol–water partition coefficient (Wildman–Crippen LogP) is 3.34. The lowest BCUT2D eigenvalue weighted by molar-refractivity contribution is -0.187. The highest BCUT2D eigenvalue weighted by molar-refractivity contribution is 5.93. The second-order valence-electron chi connectivity index (χ2n) is 7.96. The molecule has 1 aromatic rings. The maximum Gasteiger partial charge on any atom is 0.334 e. The van der Waals surface area contributed by atoms with Crippen LogP contribution in [0.3, 0.4) is 0 Å². The summed E-state index contributed by atoms with van der Waals surface area (Å²) < 4.78 is 16.4. The first-order valence-electron chi connectivity index (χ1n) is 8.83. The third kappa shape index (κ3) is 1.84. The number of rotatable bonds is 1. The molecule has 0 bridgehead atoms. The monoisotopic (exact) mass is 340 g/mol. The van der Waals surface area contributed by atoms with Gasteiger partial charge in [-0.25, -0.2) is 4.79 Å². The standard InChI is InChI=1S/C20H20O5/c1-19-9-15(12-6-8-23-10-12)25-18(22)13(19)5-7-20-11-24-17(21)14(20)3-2-4-16(19)20/h2-4,6,8,10,13,15-16H,5,7,9,11H2,1H3/t13-,15+,16+,19+,20-/m1/s1. The van der Waals surface area contributed by atoms with E-state index in [4.69, 9.17) is 13.9 Å². The summed E-state index contributed by atoms with van der Waals surface area (Å²) in [4.78, 5) is 25.0. The van der Waals surface area contributed by atoms with Crippen molar-refractivity contribution in [1.29, 1.82) is 0 Å². The lowest BCUT2D eigenvalue weighted by Gasteiger charge is -2.57. The summed E-state index contributed by atoms with van der Waals surface area (Å²) in [5.74, 6) is -0.399. The summed E-state index contributed by atoms with van der Waals surface area (Å²) >= 11 is 0. The first-order chi connectivity index (χ1) is 12.0. The Balaban J connectivity index is 1.58. The second-order valence-corrected chi connectivity index (χ2v) is 7.96. The fourth-order valence-electron chi connectivity index (χ4n) is 5.62. The largest absolute Gasteiger partial charge is 0.472 e. The first-order valence-corrected chi connectivity index (χ1v) is 8.83. The second kappa shape index (κ2) is 4.87. The minimum Gasteiger partial charge on any atom is -0.472 e. The average molecular weight is 340 g/mol. The minimum absolute atomic E-state index is 0.0902. The van der Waals surface area contributed by atoms with Crippen molar-refractivity contribution in [1.82, 2.24) is 0 Å². The molecule has 0 N–H and O–H groups in total.